The zero-order valence-electron chi connectivity index (χ0n) is 8.66. The molecule has 1 heterocycles. The molecule has 1 aliphatic heterocycles. The Kier molecular flexibility index (Phi) is 2.75. The fourth-order valence-corrected chi connectivity index (χ4v) is 3.45. The van der Waals surface area contributed by atoms with E-state index in [0.717, 1.165) is 13.1 Å². The summed E-state index contributed by atoms with van der Waals surface area (Å²) >= 11 is 1.93. The number of nitrogens with two attached hydrogens (primary N) is 1. The molecule has 0 aromatic rings. The van der Waals surface area contributed by atoms with Gasteiger partial charge in [0.15, 0.2) is 0 Å². The molecule has 0 aromatic heterocycles. The quantitative estimate of drug-likeness (QED) is 0.708. The van der Waals surface area contributed by atoms with Crippen LogP contribution in [0.2, 0.25) is 0 Å². The molecular formula is C10H18N2OS. The van der Waals surface area contributed by atoms with E-state index in [4.69, 9.17) is 5.73 Å². The molecule has 0 radical (unpaired) electrons. The fraction of sp³-hybridized carbons (Fsp3) is 0.900. The lowest BCUT2D eigenvalue weighted by Gasteiger charge is -2.42. The third kappa shape index (κ3) is 1.65. The van der Waals surface area contributed by atoms with Gasteiger partial charge in [-0.2, -0.15) is 11.8 Å². The van der Waals surface area contributed by atoms with Crippen LogP contribution in [0.1, 0.15) is 25.7 Å². The average molecular weight is 214 g/mol. The second kappa shape index (κ2) is 3.74. The van der Waals surface area contributed by atoms with E-state index >= 15 is 0 Å². The fourth-order valence-electron chi connectivity index (χ4n) is 2.46. The number of rotatable bonds is 3. The Morgan fingerprint density at radius 2 is 2.21 bits per heavy atom. The van der Waals surface area contributed by atoms with Crippen LogP contribution in [0.5, 0.6) is 0 Å². The molecule has 2 aliphatic rings. The van der Waals surface area contributed by atoms with Crippen LogP contribution in [0.3, 0.4) is 0 Å². The van der Waals surface area contributed by atoms with Gasteiger partial charge in [0.25, 0.3) is 0 Å². The smallest absolute Gasteiger partial charge is 0.241 e. The van der Waals surface area contributed by atoms with Crippen LogP contribution in [0.15, 0.2) is 0 Å². The summed E-state index contributed by atoms with van der Waals surface area (Å²) in [4.78, 5) is 13.3. The minimum atomic E-state index is -0.213. The van der Waals surface area contributed by atoms with E-state index in [-0.39, 0.29) is 11.9 Å². The van der Waals surface area contributed by atoms with E-state index in [1.165, 1.54) is 25.7 Å². The predicted octanol–water partition coefficient (Wildman–Crippen LogP) is 0.832. The molecule has 1 atom stereocenters. The molecule has 4 heteroatoms. The van der Waals surface area contributed by atoms with E-state index in [9.17, 15) is 4.79 Å². The van der Waals surface area contributed by atoms with Crippen molar-refractivity contribution in [2.75, 3.05) is 19.3 Å². The van der Waals surface area contributed by atoms with Crippen LogP contribution in [0, 0.1) is 0 Å². The molecule has 80 valence electrons. The van der Waals surface area contributed by atoms with Crippen molar-refractivity contribution in [2.24, 2.45) is 5.73 Å². The number of hydrogen-bond acceptors (Lipinski definition) is 3. The van der Waals surface area contributed by atoms with Gasteiger partial charge in [-0.1, -0.05) is 12.8 Å². The lowest BCUT2D eigenvalue weighted by molar-refractivity contribution is -0.142. The Labute approximate surface area is 89.4 Å². The summed E-state index contributed by atoms with van der Waals surface area (Å²) < 4.78 is 0.343. The second-order valence-electron chi connectivity index (χ2n) is 4.42. The monoisotopic (exact) mass is 214 g/mol. The molecule has 1 unspecified atom stereocenters. The Morgan fingerprint density at radius 3 is 2.64 bits per heavy atom. The van der Waals surface area contributed by atoms with Gasteiger partial charge in [-0.3, -0.25) is 4.79 Å². The summed E-state index contributed by atoms with van der Waals surface area (Å²) in [5, 5.41) is 0. The van der Waals surface area contributed by atoms with Crippen molar-refractivity contribution in [3.8, 4) is 0 Å². The lowest BCUT2D eigenvalue weighted by atomic mass is 10.0. The SMILES string of the molecule is CSC1(CN2CC(N)C2=O)CCCC1. The Hall–Kier alpha value is -0.220. The molecule has 1 saturated heterocycles. The maximum atomic E-state index is 11.4. The van der Waals surface area contributed by atoms with E-state index in [0.29, 0.717) is 4.75 Å². The van der Waals surface area contributed by atoms with Gasteiger partial charge in [0.1, 0.15) is 6.04 Å². The molecule has 1 aliphatic carbocycles. The third-order valence-electron chi connectivity index (χ3n) is 3.47. The molecule has 0 aromatic carbocycles. The molecule has 2 rings (SSSR count). The molecule has 0 bridgehead atoms. The molecule has 14 heavy (non-hydrogen) atoms. The topological polar surface area (TPSA) is 46.3 Å². The normalized spacial score (nSPS) is 30.6. The minimum Gasteiger partial charge on any atom is -0.338 e. The highest BCUT2D eigenvalue weighted by Crippen LogP contribution is 2.41. The molecule has 3 nitrogen and oxygen atoms in total. The van der Waals surface area contributed by atoms with E-state index in [1.807, 2.05) is 16.7 Å². The van der Waals surface area contributed by atoms with Crippen LogP contribution >= 0.6 is 11.8 Å². The van der Waals surface area contributed by atoms with Crippen LogP contribution < -0.4 is 5.73 Å². The maximum absolute atomic E-state index is 11.4. The zero-order valence-corrected chi connectivity index (χ0v) is 9.48. The van der Waals surface area contributed by atoms with Crippen molar-refractivity contribution in [3.63, 3.8) is 0 Å². The summed E-state index contributed by atoms with van der Waals surface area (Å²) in [5.41, 5.74) is 5.57. The van der Waals surface area contributed by atoms with Gasteiger partial charge in [0.2, 0.25) is 5.91 Å². The first-order chi connectivity index (χ1) is 6.67. The Morgan fingerprint density at radius 1 is 1.57 bits per heavy atom. The third-order valence-corrected chi connectivity index (χ3v) is 4.88. The first-order valence-electron chi connectivity index (χ1n) is 5.26. The van der Waals surface area contributed by atoms with Gasteiger partial charge in [-0.15, -0.1) is 0 Å². The second-order valence-corrected chi connectivity index (χ2v) is 5.69. The van der Waals surface area contributed by atoms with E-state index < -0.39 is 0 Å². The van der Waals surface area contributed by atoms with E-state index in [2.05, 4.69) is 6.26 Å². The number of thioether (sulfide) groups is 1. The van der Waals surface area contributed by atoms with Gasteiger partial charge in [-0.05, 0) is 19.1 Å². The van der Waals surface area contributed by atoms with Crippen LogP contribution in [-0.4, -0.2) is 40.9 Å². The summed E-state index contributed by atoms with van der Waals surface area (Å²) in [6, 6.07) is -0.213. The van der Waals surface area contributed by atoms with E-state index in [1.54, 1.807) is 0 Å². The maximum Gasteiger partial charge on any atom is 0.241 e. The number of likely N-dealkylation sites (tertiary alicyclic amines) is 1. The van der Waals surface area contributed by atoms with Crippen LogP contribution in [0.25, 0.3) is 0 Å². The summed E-state index contributed by atoms with van der Waals surface area (Å²) in [6.07, 6.45) is 7.31. The van der Waals surface area contributed by atoms with Gasteiger partial charge in [-0.25, -0.2) is 0 Å². The lowest BCUT2D eigenvalue weighted by Crippen LogP contribution is -2.63. The summed E-state index contributed by atoms with van der Waals surface area (Å²) in [7, 11) is 0. The molecule has 1 saturated carbocycles. The number of carbonyl (C=O) groups excluding carboxylic acids is 1. The Balaban J connectivity index is 1.92. The number of nitrogens with zero attached hydrogens (tertiary/aromatic N) is 1. The van der Waals surface area contributed by atoms with Crippen LogP contribution in [-0.2, 0) is 4.79 Å². The van der Waals surface area contributed by atoms with Crippen molar-refractivity contribution < 1.29 is 4.79 Å². The summed E-state index contributed by atoms with van der Waals surface area (Å²) in [6.45, 7) is 1.68. The summed E-state index contributed by atoms with van der Waals surface area (Å²) in [5.74, 6) is 0.144. The highest BCUT2D eigenvalue weighted by Gasteiger charge is 2.41. The first kappa shape index (κ1) is 10.3. The number of carbonyl (C=O) groups is 1. The van der Waals surface area contributed by atoms with Gasteiger partial charge in [0, 0.05) is 17.8 Å². The zero-order chi connectivity index (χ0) is 10.2. The van der Waals surface area contributed by atoms with Crippen LogP contribution in [0.4, 0.5) is 0 Å². The van der Waals surface area contributed by atoms with Crippen molar-refractivity contribution in [1.29, 1.82) is 0 Å². The number of β-lactam (4-membered cyclic amide) rings is 1. The number of hydrogen-bond donors (Lipinski definition) is 1. The molecule has 0 spiro atoms. The van der Waals surface area contributed by atoms with Gasteiger partial charge >= 0.3 is 0 Å². The first-order valence-corrected chi connectivity index (χ1v) is 6.49. The molecule has 2 fully saturated rings. The van der Waals surface area contributed by atoms with Crippen molar-refractivity contribution in [1.82, 2.24) is 4.90 Å². The average Bonchev–Trinajstić information content (AvgIpc) is 2.66. The Bertz CT molecular complexity index is 238. The number of amides is 1. The van der Waals surface area contributed by atoms with Gasteiger partial charge in [0.05, 0.1) is 0 Å². The highest BCUT2D eigenvalue weighted by molar-refractivity contribution is 8.00. The molecule has 1 amide bonds. The molecule has 2 N–H and O–H groups in total. The van der Waals surface area contributed by atoms with Crippen molar-refractivity contribution in [3.05, 3.63) is 0 Å². The minimum absolute atomic E-state index is 0.144. The van der Waals surface area contributed by atoms with Crippen molar-refractivity contribution in [2.45, 2.75) is 36.5 Å². The predicted molar refractivity (Wildman–Crippen MR) is 59.3 cm³/mol. The molecular weight excluding hydrogens is 196 g/mol. The van der Waals surface area contributed by atoms with Crippen molar-refractivity contribution >= 4 is 17.7 Å². The highest BCUT2D eigenvalue weighted by atomic mass is 32.2. The van der Waals surface area contributed by atoms with Gasteiger partial charge < -0.3 is 10.6 Å². The standard InChI is InChI=1S/C10H18N2OS/c1-14-10(4-2-3-5-10)7-12-6-8(11)9(12)13/h8H,2-7,11H2,1H3. The largest absolute Gasteiger partial charge is 0.338 e.